The number of hydrogen-bond acceptors (Lipinski definition) is 5. The van der Waals surface area contributed by atoms with Crippen molar-refractivity contribution in [2.45, 2.75) is 19.9 Å². The number of rotatable bonds is 3. The number of halogens is 1. The summed E-state index contributed by atoms with van der Waals surface area (Å²) in [6.07, 6.45) is 0. The van der Waals surface area contributed by atoms with Crippen molar-refractivity contribution in [2.75, 3.05) is 10.6 Å². The maximum Gasteiger partial charge on any atom is 0.236 e. The van der Waals surface area contributed by atoms with Gasteiger partial charge < -0.3 is 10.6 Å². The SMILES string of the molecule is CC(C)N(c1ccccc1)c1nc(N)nc(Cl)n1. The van der Waals surface area contributed by atoms with Gasteiger partial charge in [-0.15, -0.1) is 0 Å². The summed E-state index contributed by atoms with van der Waals surface area (Å²) >= 11 is 5.82. The Morgan fingerprint density at radius 2 is 1.78 bits per heavy atom. The van der Waals surface area contributed by atoms with Crippen LogP contribution < -0.4 is 10.6 Å². The monoisotopic (exact) mass is 263 g/mol. The summed E-state index contributed by atoms with van der Waals surface area (Å²) in [5, 5.41) is 0.0964. The summed E-state index contributed by atoms with van der Waals surface area (Å²) in [5.41, 5.74) is 6.58. The molecule has 1 heterocycles. The highest BCUT2D eigenvalue weighted by atomic mass is 35.5. The molecule has 0 bridgehead atoms. The van der Waals surface area contributed by atoms with E-state index >= 15 is 0 Å². The van der Waals surface area contributed by atoms with E-state index in [1.807, 2.05) is 49.1 Å². The lowest BCUT2D eigenvalue weighted by atomic mass is 10.2. The van der Waals surface area contributed by atoms with Crippen LogP contribution in [0.2, 0.25) is 5.28 Å². The van der Waals surface area contributed by atoms with Crippen LogP contribution in [0.15, 0.2) is 30.3 Å². The Labute approximate surface area is 111 Å². The summed E-state index contributed by atoms with van der Waals surface area (Å²) in [5.74, 6) is 0.570. The van der Waals surface area contributed by atoms with E-state index in [-0.39, 0.29) is 17.3 Å². The van der Waals surface area contributed by atoms with Crippen molar-refractivity contribution in [3.63, 3.8) is 0 Å². The van der Waals surface area contributed by atoms with E-state index in [1.54, 1.807) is 0 Å². The van der Waals surface area contributed by atoms with Crippen molar-refractivity contribution >= 4 is 29.2 Å². The topological polar surface area (TPSA) is 67.9 Å². The molecule has 0 fully saturated rings. The Morgan fingerprint density at radius 3 is 2.33 bits per heavy atom. The minimum Gasteiger partial charge on any atom is -0.368 e. The lowest BCUT2D eigenvalue weighted by molar-refractivity contribution is 0.759. The fourth-order valence-electron chi connectivity index (χ4n) is 1.70. The first-order chi connectivity index (χ1) is 8.58. The first-order valence-electron chi connectivity index (χ1n) is 5.59. The highest BCUT2D eigenvalue weighted by Gasteiger charge is 2.17. The summed E-state index contributed by atoms with van der Waals surface area (Å²) in [6.45, 7) is 4.09. The number of hydrogen-bond donors (Lipinski definition) is 1. The number of anilines is 3. The van der Waals surface area contributed by atoms with Crippen LogP contribution in [0.4, 0.5) is 17.6 Å². The molecule has 2 aromatic rings. The third kappa shape index (κ3) is 2.68. The lowest BCUT2D eigenvalue weighted by Gasteiger charge is -2.26. The van der Waals surface area contributed by atoms with Crippen LogP contribution in [0.25, 0.3) is 0 Å². The number of aromatic nitrogens is 3. The second-order valence-corrected chi connectivity index (χ2v) is 4.40. The summed E-state index contributed by atoms with van der Waals surface area (Å²) in [7, 11) is 0. The Hall–Kier alpha value is -1.88. The standard InChI is InChI=1S/C12H14ClN5/c1-8(2)18(9-6-4-3-5-7-9)12-16-10(13)15-11(14)17-12/h3-8H,1-2H3,(H2,14,15,16,17). The molecule has 2 N–H and O–H groups in total. The third-order valence-corrected chi connectivity index (χ3v) is 2.55. The normalized spacial score (nSPS) is 10.7. The van der Waals surface area contributed by atoms with Crippen molar-refractivity contribution in [1.29, 1.82) is 0 Å². The summed E-state index contributed by atoms with van der Waals surface area (Å²) < 4.78 is 0. The van der Waals surface area contributed by atoms with E-state index < -0.39 is 0 Å². The fourth-order valence-corrected chi connectivity index (χ4v) is 1.86. The van der Waals surface area contributed by atoms with Crippen LogP contribution in [0, 0.1) is 0 Å². The van der Waals surface area contributed by atoms with Gasteiger partial charge in [0.15, 0.2) is 0 Å². The predicted octanol–water partition coefficient (Wildman–Crippen LogP) is 2.65. The minimum atomic E-state index is 0.0964. The molecule has 0 saturated carbocycles. The summed E-state index contributed by atoms with van der Waals surface area (Å²) in [6, 6.07) is 10.00. The van der Waals surface area contributed by atoms with Gasteiger partial charge >= 0.3 is 0 Å². The lowest BCUT2D eigenvalue weighted by Crippen LogP contribution is -2.27. The zero-order valence-electron chi connectivity index (χ0n) is 10.2. The third-order valence-electron chi connectivity index (χ3n) is 2.38. The molecule has 0 saturated heterocycles. The van der Waals surface area contributed by atoms with Gasteiger partial charge in [0.25, 0.3) is 0 Å². The average molecular weight is 264 g/mol. The molecule has 0 spiro atoms. The molecule has 5 nitrogen and oxygen atoms in total. The van der Waals surface area contributed by atoms with Crippen molar-refractivity contribution in [2.24, 2.45) is 0 Å². The van der Waals surface area contributed by atoms with E-state index in [2.05, 4.69) is 15.0 Å². The molecule has 2 rings (SSSR count). The Balaban J connectivity index is 2.48. The van der Waals surface area contributed by atoms with Gasteiger partial charge in [0.05, 0.1) is 0 Å². The van der Waals surface area contributed by atoms with E-state index in [0.717, 1.165) is 5.69 Å². The van der Waals surface area contributed by atoms with E-state index in [9.17, 15) is 0 Å². The number of nitrogens with zero attached hydrogens (tertiary/aromatic N) is 4. The molecule has 18 heavy (non-hydrogen) atoms. The molecule has 0 aliphatic carbocycles. The molecule has 0 aliphatic heterocycles. The predicted molar refractivity (Wildman–Crippen MR) is 73.0 cm³/mol. The first-order valence-corrected chi connectivity index (χ1v) is 5.97. The number of nitrogen functional groups attached to an aromatic ring is 1. The van der Waals surface area contributed by atoms with E-state index in [1.165, 1.54) is 0 Å². The molecule has 94 valence electrons. The van der Waals surface area contributed by atoms with Crippen LogP contribution in [-0.4, -0.2) is 21.0 Å². The van der Waals surface area contributed by atoms with Crippen LogP contribution in [0.5, 0.6) is 0 Å². The van der Waals surface area contributed by atoms with Crippen molar-refractivity contribution < 1.29 is 0 Å². The Bertz CT molecular complexity index is 509. The molecule has 0 radical (unpaired) electrons. The molecule has 0 atom stereocenters. The maximum atomic E-state index is 5.82. The molecule has 6 heteroatoms. The minimum absolute atomic E-state index is 0.0964. The van der Waals surface area contributed by atoms with Gasteiger partial charge in [-0.2, -0.15) is 15.0 Å². The van der Waals surface area contributed by atoms with Crippen molar-refractivity contribution in [1.82, 2.24) is 15.0 Å². The molecule has 0 amide bonds. The zero-order valence-corrected chi connectivity index (χ0v) is 11.0. The molecular formula is C12H14ClN5. The second kappa shape index (κ2) is 5.18. The smallest absolute Gasteiger partial charge is 0.236 e. The fraction of sp³-hybridized carbons (Fsp3) is 0.250. The van der Waals surface area contributed by atoms with Gasteiger partial charge in [-0.25, -0.2) is 0 Å². The van der Waals surface area contributed by atoms with E-state index in [0.29, 0.717) is 5.95 Å². The molecule has 0 aliphatic rings. The van der Waals surface area contributed by atoms with Crippen LogP contribution in [-0.2, 0) is 0 Å². The van der Waals surface area contributed by atoms with Gasteiger partial charge in [-0.05, 0) is 37.6 Å². The van der Waals surface area contributed by atoms with Crippen molar-refractivity contribution in [3.8, 4) is 0 Å². The first kappa shape index (κ1) is 12.6. The highest BCUT2D eigenvalue weighted by Crippen LogP contribution is 2.25. The average Bonchev–Trinajstić information content (AvgIpc) is 2.28. The largest absolute Gasteiger partial charge is 0.368 e. The number of benzene rings is 1. The number of para-hydroxylation sites is 1. The van der Waals surface area contributed by atoms with Crippen molar-refractivity contribution in [3.05, 3.63) is 35.6 Å². The second-order valence-electron chi connectivity index (χ2n) is 4.06. The van der Waals surface area contributed by atoms with Gasteiger partial charge in [0.1, 0.15) is 0 Å². The van der Waals surface area contributed by atoms with Gasteiger partial charge in [0.2, 0.25) is 17.2 Å². The van der Waals surface area contributed by atoms with Gasteiger partial charge in [-0.3, -0.25) is 0 Å². The molecule has 1 aromatic heterocycles. The van der Waals surface area contributed by atoms with Crippen LogP contribution in [0.3, 0.4) is 0 Å². The van der Waals surface area contributed by atoms with Crippen LogP contribution >= 0.6 is 11.6 Å². The summed E-state index contributed by atoms with van der Waals surface area (Å²) in [4.78, 5) is 14.0. The maximum absolute atomic E-state index is 5.82. The van der Waals surface area contributed by atoms with Crippen LogP contribution in [0.1, 0.15) is 13.8 Å². The highest BCUT2D eigenvalue weighted by molar-refractivity contribution is 6.28. The number of nitrogens with two attached hydrogens (primary N) is 1. The Morgan fingerprint density at radius 1 is 1.11 bits per heavy atom. The quantitative estimate of drug-likeness (QED) is 0.922. The molecule has 0 unspecified atom stereocenters. The Kier molecular flexibility index (Phi) is 3.62. The molecular weight excluding hydrogens is 250 g/mol. The zero-order chi connectivity index (χ0) is 13.1. The van der Waals surface area contributed by atoms with Gasteiger partial charge in [0, 0.05) is 11.7 Å². The van der Waals surface area contributed by atoms with Gasteiger partial charge in [-0.1, -0.05) is 18.2 Å². The van der Waals surface area contributed by atoms with E-state index in [4.69, 9.17) is 17.3 Å². The molecule has 1 aromatic carbocycles.